The number of imide groups is 1. The van der Waals surface area contributed by atoms with Crippen molar-refractivity contribution in [3.8, 4) is 0 Å². The van der Waals surface area contributed by atoms with E-state index in [-0.39, 0.29) is 23.2 Å². The molecule has 1 aliphatic heterocycles. The highest BCUT2D eigenvalue weighted by molar-refractivity contribution is 6.35. The van der Waals surface area contributed by atoms with E-state index >= 15 is 0 Å². The maximum atomic E-state index is 13.5. The lowest BCUT2D eigenvalue weighted by molar-refractivity contribution is -0.384. The summed E-state index contributed by atoms with van der Waals surface area (Å²) < 4.78 is 0. The second-order valence-corrected chi connectivity index (χ2v) is 7.67. The second kappa shape index (κ2) is 5.73. The Morgan fingerprint density at radius 3 is 1.60 bits per heavy atom. The molecule has 144 valence electrons. The van der Waals surface area contributed by atoms with Crippen molar-refractivity contribution in [3.05, 3.63) is 116 Å². The summed E-state index contributed by atoms with van der Waals surface area (Å²) in [4.78, 5) is 38.8. The Labute approximate surface area is 171 Å². The van der Waals surface area contributed by atoms with Crippen molar-refractivity contribution in [1.82, 2.24) is 0 Å². The number of carbonyl (C=O) groups excluding carboxylic acids is 2. The summed E-state index contributed by atoms with van der Waals surface area (Å²) in [7, 11) is 0. The number of non-ortho nitro benzene ring substituents is 1. The average Bonchev–Trinajstić information content (AvgIpc) is 3.04. The third-order valence-corrected chi connectivity index (χ3v) is 6.27. The molecular weight excluding hydrogens is 380 g/mol. The summed E-state index contributed by atoms with van der Waals surface area (Å²) in [5.41, 5.74) is 5.23. The van der Waals surface area contributed by atoms with Crippen LogP contribution in [0.15, 0.2) is 83.9 Å². The maximum absolute atomic E-state index is 13.5. The van der Waals surface area contributed by atoms with Gasteiger partial charge >= 0.3 is 0 Å². The molecule has 4 aliphatic rings. The Kier molecular flexibility index (Phi) is 3.22. The molecular formula is C24H14N2O4. The highest BCUT2D eigenvalue weighted by Gasteiger charge is 2.53. The minimum absolute atomic E-state index is 0.160. The zero-order chi connectivity index (χ0) is 20.6. The minimum Gasteiger partial charge on any atom is -0.269 e. The summed E-state index contributed by atoms with van der Waals surface area (Å²) >= 11 is 0. The van der Waals surface area contributed by atoms with E-state index in [1.807, 2.05) is 48.5 Å². The molecule has 0 spiro atoms. The van der Waals surface area contributed by atoms with Gasteiger partial charge in [0.05, 0.1) is 10.6 Å². The number of benzene rings is 3. The number of anilines is 1. The van der Waals surface area contributed by atoms with Gasteiger partial charge in [-0.3, -0.25) is 19.7 Å². The Balaban J connectivity index is 1.56. The predicted molar refractivity (Wildman–Crippen MR) is 109 cm³/mol. The van der Waals surface area contributed by atoms with Gasteiger partial charge < -0.3 is 0 Å². The number of amides is 2. The van der Waals surface area contributed by atoms with Crippen LogP contribution in [-0.4, -0.2) is 16.7 Å². The summed E-state index contributed by atoms with van der Waals surface area (Å²) in [5, 5.41) is 11.2. The third kappa shape index (κ3) is 1.97. The smallest absolute Gasteiger partial charge is 0.269 e. The molecule has 3 aromatic carbocycles. The van der Waals surface area contributed by atoms with E-state index in [0.29, 0.717) is 11.1 Å². The van der Waals surface area contributed by atoms with Crippen molar-refractivity contribution >= 4 is 23.2 Å². The van der Waals surface area contributed by atoms with Gasteiger partial charge in [-0.1, -0.05) is 54.6 Å². The normalized spacial score (nSPS) is 20.9. The maximum Gasteiger partial charge on any atom is 0.271 e. The van der Waals surface area contributed by atoms with Crippen LogP contribution in [0.25, 0.3) is 0 Å². The van der Waals surface area contributed by atoms with E-state index < -0.39 is 16.7 Å². The zero-order valence-electron chi connectivity index (χ0n) is 15.6. The van der Waals surface area contributed by atoms with E-state index in [1.54, 1.807) is 6.07 Å². The summed E-state index contributed by atoms with van der Waals surface area (Å²) in [6, 6.07) is 21.5. The number of hydrogen-bond donors (Lipinski definition) is 0. The van der Waals surface area contributed by atoms with Crippen LogP contribution >= 0.6 is 0 Å². The molecule has 3 aromatic rings. The molecule has 0 radical (unpaired) electrons. The lowest BCUT2D eigenvalue weighted by Gasteiger charge is -2.39. The molecule has 0 saturated carbocycles. The first-order chi connectivity index (χ1) is 14.6. The van der Waals surface area contributed by atoms with Crippen LogP contribution in [0, 0.1) is 10.1 Å². The van der Waals surface area contributed by atoms with Gasteiger partial charge in [0.1, 0.15) is 0 Å². The fourth-order valence-electron chi connectivity index (χ4n) is 5.13. The van der Waals surface area contributed by atoms with E-state index in [0.717, 1.165) is 27.2 Å². The van der Waals surface area contributed by atoms with E-state index in [2.05, 4.69) is 0 Å². The van der Waals surface area contributed by atoms with Crippen molar-refractivity contribution in [1.29, 1.82) is 0 Å². The minimum atomic E-state index is -0.530. The first kappa shape index (κ1) is 16.9. The molecule has 2 amide bonds. The van der Waals surface area contributed by atoms with Crippen molar-refractivity contribution < 1.29 is 14.5 Å². The largest absolute Gasteiger partial charge is 0.271 e. The first-order valence-electron chi connectivity index (χ1n) is 9.63. The summed E-state index contributed by atoms with van der Waals surface area (Å²) in [6.07, 6.45) is 0. The summed E-state index contributed by atoms with van der Waals surface area (Å²) in [5.74, 6) is -1.40. The van der Waals surface area contributed by atoms with Gasteiger partial charge in [-0.2, -0.15) is 0 Å². The van der Waals surface area contributed by atoms with Crippen LogP contribution in [0.5, 0.6) is 0 Å². The van der Waals surface area contributed by atoms with Crippen LogP contribution in [-0.2, 0) is 9.59 Å². The molecule has 7 rings (SSSR count). The molecule has 2 bridgehead atoms. The Bertz CT molecular complexity index is 1220. The van der Waals surface area contributed by atoms with E-state index in [9.17, 15) is 19.7 Å². The molecule has 0 saturated heterocycles. The van der Waals surface area contributed by atoms with Crippen LogP contribution < -0.4 is 4.90 Å². The summed E-state index contributed by atoms with van der Waals surface area (Å²) in [6.45, 7) is 0. The van der Waals surface area contributed by atoms with Gasteiger partial charge in [0, 0.05) is 35.1 Å². The molecule has 0 N–H and O–H groups in total. The van der Waals surface area contributed by atoms with E-state index in [1.165, 1.54) is 18.2 Å². The molecule has 0 aromatic heterocycles. The topological polar surface area (TPSA) is 80.5 Å². The standard InChI is InChI=1S/C24H14N2O4/c27-23-21-19-15-8-1-2-9-16(15)20(18-11-4-3-10-17(18)19)22(21)24(28)25(23)13-6-5-7-14(12-13)26(29)30/h1-12,19-20H. The number of rotatable bonds is 2. The van der Waals surface area contributed by atoms with Crippen molar-refractivity contribution in [2.75, 3.05) is 4.90 Å². The molecule has 0 atom stereocenters. The van der Waals surface area contributed by atoms with Crippen LogP contribution in [0.3, 0.4) is 0 Å². The number of carbonyl (C=O) groups is 2. The molecule has 6 heteroatoms. The van der Waals surface area contributed by atoms with Gasteiger partial charge in [-0.25, -0.2) is 4.90 Å². The second-order valence-electron chi connectivity index (χ2n) is 7.67. The molecule has 6 nitrogen and oxygen atoms in total. The first-order valence-corrected chi connectivity index (χ1v) is 9.63. The molecule has 30 heavy (non-hydrogen) atoms. The Hall–Kier alpha value is -4.06. The number of nitro groups is 1. The highest BCUT2D eigenvalue weighted by Crippen LogP contribution is 2.58. The number of nitrogens with zero attached hydrogens (tertiary/aromatic N) is 2. The lowest BCUT2D eigenvalue weighted by atomic mass is 9.61. The average molecular weight is 394 g/mol. The van der Waals surface area contributed by atoms with Gasteiger partial charge in [-0.05, 0) is 28.3 Å². The monoisotopic (exact) mass is 394 g/mol. The van der Waals surface area contributed by atoms with Gasteiger partial charge in [0.15, 0.2) is 0 Å². The van der Waals surface area contributed by atoms with Crippen molar-refractivity contribution in [3.63, 3.8) is 0 Å². The van der Waals surface area contributed by atoms with Crippen LogP contribution in [0.1, 0.15) is 34.1 Å². The van der Waals surface area contributed by atoms with Gasteiger partial charge in [-0.15, -0.1) is 0 Å². The van der Waals surface area contributed by atoms with Crippen molar-refractivity contribution in [2.45, 2.75) is 11.8 Å². The van der Waals surface area contributed by atoms with Crippen molar-refractivity contribution in [2.24, 2.45) is 0 Å². The van der Waals surface area contributed by atoms with Gasteiger partial charge in [0.2, 0.25) is 0 Å². The fourth-order valence-corrected chi connectivity index (χ4v) is 5.13. The highest BCUT2D eigenvalue weighted by atomic mass is 16.6. The Morgan fingerprint density at radius 1 is 0.700 bits per heavy atom. The third-order valence-electron chi connectivity index (χ3n) is 6.27. The lowest BCUT2D eigenvalue weighted by Crippen LogP contribution is -2.32. The predicted octanol–water partition coefficient (Wildman–Crippen LogP) is 4.06. The Morgan fingerprint density at radius 2 is 1.17 bits per heavy atom. The number of nitro benzene ring substituents is 1. The van der Waals surface area contributed by atoms with Gasteiger partial charge in [0.25, 0.3) is 17.5 Å². The van der Waals surface area contributed by atoms with E-state index in [4.69, 9.17) is 0 Å². The molecule has 3 aliphatic carbocycles. The zero-order valence-corrected chi connectivity index (χ0v) is 15.6. The quantitative estimate of drug-likeness (QED) is 0.373. The van der Waals surface area contributed by atoms with Crippen LogP contribution in [0.4, 0.5) is 11.4 Å². The fraction of sp³-hybridized carbons (Fsp3) is 0.0833. The molecule has 1 heterocycles. The molecule has 0 unspecified atom stereocenters. The molecule has 0 fully saturated rings. The SMILES string of the molecule is O=C1C2=C(C(=O)N1c1cccc([N+](=O)[O-])c1)C1c3ccccc3C2c2ccccc21. The number of hydrogen-bond acceptors (Lipinski definition) is 4. The van der Waals surface area contributed by atoms with Crippen LogP contribution in [0.2, 0.25) is 0 Å².